The number of carbonyl (C=O) groups excluding carboxylic acids is 1. The molecule has 0 saturated heterocycles. The molecule has 2 aromatic heterocycles. The Labute approximate surface area is 147 Å². The van der Waals surface area contributed by atoms with Gasteiger partial charge < -0.3 is 10.0 Å². The Bertz CT molecular complexity index is 843. The number of aliphatic hydroxyl groups is 1. The molecule has 0 spiro atoms. The largest absolute Gasteiger partial charge is 0.389 e. The normalized spacial score (nSPS) is 12.0. The monoisotopic (exact) mass is 348 g/mol. The molecule has 0 unspecified atom stereocenters. The van der Waals surface area contributed by atoms with Gasteiger partial charge in [0.05, 0.1) is 11.0 Å². The second kappa shape index (κ2) is 7.00. The van der Waals surface area contributed by atoms with Crippen LogP contribution in [0.1, 0.15) is 44.0 Å². The van der Waals surface area contributed by atoms with Gasteiger partial charge in [-0.15, -0.1) is 0 Å². The van der Waals surface area contributed by atoms with E-state index in [4.69, 9.17) is 0 Å². The van der Waals surface area contributed by atoms with Gasteiger partial charge in [-0.05, 0) is 52.2 Å². The standard InChI is InChI=1S/C18H28N4O3/c1-7-22(10-18(4,5)25)14(23)9-8-13-11(2)15-16(19-12(13)3)21(6)20-17(15)24/h25H,7-10H2,1-6H3,(H,20,24). The van der Waals surface area contributed by atoms with Crippen molar-refractivity contribution in [3.63, 3.8) is 0 Å². The van der Waals surface area contributed by atoms with Crippen molar-refractivity contribution in [1.29, 1.82) is 0 Å². The number of pyridine rings is 1. The number of nitrogens with one attached hydrogen (secondary N) is 1. The topological polar surface area (TPSA) is 91.2 Å². The lowest BCUT2D eigenvalue weighted by Gasteiger charge is -2.28. The Balaban J connectivity index is 2.25. The number of aryl methyl sites for hydroxylation is 3. The number of aromatic amines is 1. The molecule has 2 aromatic rings. The molecule has 2 rings (SSSR count). The molecule has 0 fully saturated rings. The average Bonchev–Trinajstić information content (AvgIpc) is 2.77. The molecule has 2 heterocycles. The fourth-order valence-corrected chi connectivity index (χ4v) is 3.25. The highest BCUT2D eigenvalue weighted by Gasteiger charge is 2.22. The first-order valence-electron chi connectivity index (χ1n) is 8.60. The second-order valence-electron chi connectivity index (χ2n) is 7.22. The predicted octanol–water partition coefficient (Wildman–Crippen LogP) is 1.43. The molecular formula is C18H28N4O3. The van der Waals surface area contributed by atoms with Crippen LogP contribution < -0.4 is 5.56 Å². The molecule has 1 amide bonds. The van der Waals surface area contributed by atoms with E-state index in [1.54, 1.807) is 30.5 Å². The first-order chi connectivity index (χ1) is 11.5. The van der Waals surface area contributed by atoms with Gasteiger partial charge in [-0.3, -0.25) is 19.4 Å². The van der Waals surface area contributed by atoms with Crippen molar-refractivity contribution in [2.24, 2.45) is 7.05 Å². The minimum atomic E-state index is -0.921. The van der Waals surface area contributed by atoms with E-state index in [0.29, 0.717) is 37.0 Å². The first-order valence-corrected chi connectivity index (χ1v) is 8.60. The third kappa shape index (κ3) is 4.10. The number of likely N-dealkylation sites (N-methyl/N-ethyl adjacent to an activating group) is 1. The predicted molar refractivity (Wildman–Crippen MR) is 97.7 cm³/mol. The smallest absolute Gasteiger partial charge is 0.273 e. The summed E-state index contributed by atoms with van der Waals surface area (Å²) >= 11 is 0. The van der Waals surface area contributed by atoms with E-state index in [1.807, 2.05) is 20.8 Å². The zero-order valence-corrected chi connectivity index (χ0v) is 15.9. The summed E-state index contributed by atoms with van der Waals surface area (Å²) in [6, 6.07) is 0. The maximum atomic E-state index is 12.5. The van der Waals surface area contributed by atoms with Crippen molar-refractivity contribution < 1.29 is 9.90 Å². The van der Waals surface area contributed by atoms with Crippen LogP contribution in [0.4, 0.5) is 0 Å². The Hall–Kier alpha value is -2.15. The summed E-state index contributed by atoms with van der Waals surface area (Å²) in [6.45, 7) is 9.94. The summed E-state index contributed by atoms with van der Waals surface area (Å²) in [5.74, 6) is -0.00880. The van der Waals surface area contributed by atoms with E-state index in [-0.39, 0.29) is 11.5 Å². The van der Waals surface area contributed by atoms with Crippen LogP contribution >= 0.6 is 0 Å². The molecule has 0 aliphatic carbocycles. The van der Waals surface area contributed by atoms with E-state index in [1.165, 1.54) is 0 Å². The van der Waals surface area contributed by atoms with E-state index in [0.717, 1.165) is 16.8 Å². The zero-order valence-electron chi connectivity index (χ0n) is 15.9. The molecule has 7 heteroatoms. The Morgan fingerprint density at radius 2 is 2.00 bits per heavy atom. The number of aromatic nitrogens is 3. The van der Waals surface area contributed by atoms with Crippen LogP contribution in [0.2, 0.25) is 0 Å². The van der Waals surface area contributed by atoms with Crippen molar-refractivity contribution >= 4 is 16.9 Å². The molecule has 0 bridgehead atoms. The van der Waals surface area contributed by atoms with Crippen LogP contribution in [0.25, 0.3) is 11.0 Å². The lowest BCUT2D eigenvalue weighted by atomic mass is 10.00. The van der Waals surface area contributed by atoms with E-state index >= 15 is 0 Å². The van der Waals surface area contributed by atoms with E-state index in [9.17, 15) is 14.7 Å². The van der Waals surface area contributed by atoms with E-state index < -0.39 is 5.60 Å². The summed E-state index contributed by atoms with van der Waals surface area (Å²) in [7, 11) is 1.76. The van der Waals surface area contributed by atoms with Crippen LogP contribution in [0.15, 0.2) is 4.79 Å². The van der Waals surface area contributed by atoms with Crippen molar-refractivity contribution in [3.8, 4) is 0 Å². The highest BCUT2D eigenvalue weighted by molar-refractivity contribution is 5.81. The Morgan fingerprint density at radius 1 is 1.36 bits per heavy atom. The fourth-order valence-electron chi connectivity index (χ4n) is 3.25. The van der Waals surface area contributed by atoms with Gasteiger partial charge in [0, 0.05) is 32.3 Å². The van der Waals surface area contributed by atoms with Crippen LogP contribution in [0.3, 0.4) is 0 Å². The first kappa shape index (κ1) is 19.2. The lowest BCUT2D eigenvalue weighted by molar-refractivity contribution is -0.133. The van der Waals surface area contributed by atoms with Crippen LogP contribution in [-0.4, -0.2) is 49.4 Å². The van der Waals surface area contributed by atoms with Crippen molar-refractivity contribution in [2.45, 2.75) is 53.1 Å². The average molecular weight is 348 g/mol. The third-order valence-corrected chi connectivity index (χ3v) is 4.48. The summed E-state index contributed by atoms with van der Waals surface area (Å²) in [4.78, 5) is 30.8. The molecule has 0 radical (unpaired) electrons. The lowest BCUT2D eigenvalue weighted by Crippen LogP contribution is -2.42. The SMILES string of the molecule is CCN(CC(C)(C)O)C(=O)CCc1c(C)nc2c(c1C)c(=O)[nH]n2C. The van der Waals surface area contributed by atoms with Crippen molar-refractivity contribution in [2.75, 3.05) is 13.1 Å². The highest BCUT2D eigenvalue weighted by Crippen LogP contribution is 2.21. The fraction of sp³-hybridized carbons (Fsp3) is 0.611. The number of amides is 1. The number of rotatable bonds is 6. The Kier molecular flexibility index (Phi) is 5.37. The second-order valence-corrected chi connectivity index (χ2v) is 7.22. The minimum absolute atomic E-state index is 0.00880. The zero-order chi connectivity index (χ0) is 18.9. The van der Waals surface area contributed by atoms with Gasteiger partial charge in [0.25, 0.3) is 5.56 Å². The molecular weight excluding hydrogens is 320 g/mol. The highest BCUT2D eigenvalue weighted by atomic mass is 16.3. The van der Waals surface area contributed by atoms with Gasteiger partial charge in [-0.2, -0.15) is 0 Å². The van der Waals surface area contributed by atoms with Crippen LogP contribution in [-0.2, 0) is 18.3 Å². The Morgan fingerprint density at radius 3 is 2.56 bits per heavy atom. The number of hydrogen-bond acceptors (Lipinski definition) is 4. The molecule has 0 atom stereocenters. The number of nitrogens with zero attached hydrogens (tertiary/aromatic N) is 3. The number of carbonyl (C=O) groups is 1. The summed E-state index contributed by atoms with van der Waals surface area (Å²) < 4.78 is 1.62. The van der Waals surface area contributed by atoms with Crippen LogP contribution in [0, 0.1) is 13.8 Å². The molecule has 2 N–H and O–H groups in total. The van der Waals surface area contributed by atoms with Crippen LogP contribution in [0.5, 0.6) is 0 Å². The number of H-pyrrole nitrogens is 1. The van der Waals surface area contributed by atoms with Gasteiger partial charge >= 0.3 is 0 Å². The van der Waals surface area contributed by atoms with Gasteiger partial charge in [-0.25, -0.2) is 4.98 Å². The quantitative estimate of drug-likeness (QED) is 0.826. The summed E-state index contributed by atoms with van der Waals surface area (Å²) in [5.41, 5.74) is 2.20. The van der Waals surface area contributed by atoms with E-state index in [2.05, 4.69) is 10.1 Å². The number of fused-ring (bicyclic) bond motifs is 1. The number of hydrogen-bond donors (Lipinski definition) is 2. The van der Waals surface area contributed by atoms with Gasteiger partial charge in [0.1, 0.15) is 0 Å². The molecule has 0 aromatic carbocycles. The molecule has 138 valence electrons. The summed E-state index contributed by atoms with van der Waals surface area (Å²) in [6.07, 6.45) is 0.847. The molecule has 25 heavy (non-hydrogen) atoms. The minimum Gasteiger partial charge on any atom is -0.389 e. The van der Waals surface area contributed by atoms with Crippen molar-refractivity contribution in [3.05, 3.63) is 27.2 Å². The maximum Gasteiger partial charge on any atom is 0.273 e. The molecule has 0 aliphatic rings. The molecule has 7 nitrogen and oxygen atoms in total. The van der Waals surface area contributed by atoms with Gasteiger partial charge in [0.15, 0.2) is 5.65 Å². The summed E-state index contributed by atoms with van der Waals surface area (Å²) in [5, 5.41) is 13.3. The molecule has 0 saturated carbocycles. The maximum absolute atomic E-state index is 12.5. The van der Waals surface area contributed by atoms with Gasteiger partial charge in [0.2, 0.25) is 5.91 Å². The van der Waals surface area contributed by atoms with Gasteiger partial charge in [-0.1, -0.05) is 0 Å². The third-order valence-electron chi connectivity index (χ3n) is 4.48. The molecule has 0 aliphatic heterocycles. The van der Waals surface area contributed by atoms with Crippen molar-refractivity contribution in [1.82, 2.24) is 19.7 Å².